The van der Waals surface area contributed by atoms with Gasteiger partial charge in [-0.15, -0.1) is 0 Å². The van der Waals surface area contributed by atoms with Crippen LogP contribution in [0, 0.1) is 6.92 Å². The van der Waals surface area contributed by atoms with Crippen molar-refractivity contribution in [3.8, 4) is 5.75 Å². The van der Waals surface area contributed by atoms with Gasteiger partial charge in [-0.1, -0.05) is 49.7 Å². The lowest BCUT2D eigenvalue weighted by molar-refractivity contribution is -0.136. The molecule has 0 radical (unpaired) electrons. The zero-order valence-electron chi connectivity index (χ0n) is 17.6. The smallest absolute Gasteiger partial charge is 0.261 e. The van der Waals surface area contributed by atoms with E-state index in [-0.39, 0.29) is 30.1 Å². The summed E-state index contributed by atoms with van der Waals surface area (Å²) in [6.45, 7) is 6.33. The Labute approximate surface area is 183 Å². The lowest BCUT2D eigenvalue weighted by Crippen LogP contribution is -2.43. The summed E-state index contributed by atoms with van der Waals surface area (Å²) in [6, 6.07) is 13.0. The number of nitrogens with zero attached hydrogens (tertiary/aromatic N) is 1. The molecule has 0 unspecified atom stereocenters. The lowest BCUT2D eigenvalue weighted by atomic mass is 10.0. The van der Waals surface area contributed by atoms with Gasteiger partial charge in [0.15, 0.2) is 16.4 Å². The molecule has 162 valence electrons. The molecule has 7 heteroatoms. The van der Waals surface area contributed by atoms with Gasteiger partial charge >= 0.3 is 0 Å². The first-order valence-electron chi connectivity index (χ1n) is 10.1. The predicted octanol–water partition coefficient (Wildman–Crippen LogP) is 4.37. The molecule has 0 saturated carbocycles. The van der Waals surface area contributed by atoms with Gasteiger partial charge in [0.25, 0.3) is 5.91 Å². The van der Waals surface area contributed by atoms with E-state index < -0.39 is 9.84 Å². The van der Waals surface area contributed by atoms with Crippen molar-refractivity contribution in [2.45, 2.75) is 45.7 Å². The number of sulfone groups is 1. The molecule has 1 atom stereocenters. The average Bonchev–Trinajstić information content (AvgIpc) is 3.05. The number of rotatable bonds is 7. The highest BCUT2D eigenvalue weighted by Gasteiger charge is 2.34. The number of hydrogen-bond acceptors (Lipinski definition) is 4. The first kappa shape index (κ1) is 22.6. The Hall–Kier alpha value is -2.05. The van der Waals surface area contributed by atoms with E-state index >= 15 is 0 Å². The number of carbonyl (C=O) groups excluding carboxylic acids is 1. The fraction of sp³-hybridized carbons (Fsp3) is 0.435. The Morgan fingerprint density at radius 3 is 2.47 bits per heavy atom. The molecule has 3 rings (SSSR count). The number of benzene rings is 2. The summed E-state index contributed by atoms with van der Waals surface area (Å²) in [6.07, 6.45) is 0.456. The van der Waals surface area contributed by atoms with Crippen LogP contribution in [0.25, 0.3) is 0 Å². The van der Waals surface area contributed by atoms with Gasteiger partial charge in [0.2, 0.25) is 0 Å². The van der Waals surface area contributed by atoms with E-state index in [2.05, 4.69) is 26.0 Å². The van der Waals surface area contributed by atoms with Gasteiger partial charge in [-0.05, 0) is 54.2 Å². The van der Waals surface area contributed by atoms with Crippen molar-refractivity contribution in [1.29, 1.82) is 0 Å². The minimum Gasteiger partial charge on any atom is -0.483 e. The van der Waals surface area contributed by atoms with Gasteiger partial charge in [-0.25, -0.2) is 8.42 Å². The molecule has 0 aliphatic carbocycles. The van der Waals surface area contributed by atoms with Crippen LogP contribution in [0.3, 0.4) is 0 Å². The van der Waals surface area contributed by atoms with Crippen LogP contribution in [0.5, 0.6) is 5.75 Å². The molecule has 0 N–H and O–H groups in total. The van der Waals surface area contributed by atoms with Crippen LogP contribution in [-0.4, -0.2) is 43.4 Å². The Morgan fingerprint density at radius 2 is 1.90 bits per heavy atom. The van der Waals surface area contributed by atoms with E-state index in [0.29, 0.717) is 29.7 Å². The summed E-state index contributed by atoms with van der Waals surface area (Å²) in [5.41, 5.74) is 3.04. The molecular weight excluding hydrogens is 422 g/mol. The number of carbonyl (C=O) groups is 1. The van der Waals surface area contributed by atoms with Crippen LogP contribution in [0.2, 0.25) is 5.02 Å². The van der Waals surface area contributed by atoms with Gasteiger partial charge in [0.1, 0.15) is 5.75 Å². The molecule has 1 saturated heterocycles. The van der Waals surface area contributed by atoms with Crippen LogP contribution in [0.15, 0.2) is 42.5 Å². The van der Waals surface area contributed by atoms with Crippen LogP contribution in [0.1, 0.15) is 42.9 Å². The fourth-order valence-electron chi connectivity index (χ4n) is 3.64. The maximum atomic E-state index is 13.1. The highest BCUT2D eigenvalue weighted by atomic mass is 35.5. The SMILES string of the molecule is Cc1cc(Cl)ccc1OCC(=O)N(Cc1ccc(C(C)C)cc1)[C@@H]1CCS(=O)(=O)C1. The Morgan fingerprint density at radius 1 is 1.20 bits per heavy atom. The number of ether oxygens (including phenoxy) is 1. The van der Waals surface area contributed by atoms with Gasteiger partial charge < -0.3 is 9.64 Å². The molecule has 0 aromatic heterocycles. The molecular formula is C23H28ClNO4S. The van der Waals surface area contributed by atoms with Crippen LogP contribution >= 0.6 is 11.6 Å². The summed E-state index contributed by atoms with van der Waals surface area (Å²) in [4.78, 5) is 14.7. The summed E-state index contributed by atoms with van der Waals surface area (Å²) in [5, 5.41) is 0.605. The van der Waals surface area contributed by atoms with Crippen LogP contribution in [0.4, 0.5) is 0 Å². The summed E-state index contributed by atoms with van der Waals surface area (Å²) in [5.74, 6) is 0.911. The molecule has 2 aromatic rings. The second kappa shape index (κ2) is 9.40. The third kappa shape index (κ3) is 5.76. The van der Waals surface area contributed by atoms with Crippen molar-refractivity contribution in [3.05, 3.63) is 64.2 Å². The maximum Gasteiger partial charge on any atom is 0.261 e. The molecule has 1 aliphatic rings. The lowest BCUT2D eigenvalue weighted by Gasteiger charge is -2.28. The Balaban J connectivity index is 1.75. The van der Waals surface area contributed by atoms with E-state index in [1.165, 1.54) is 5.56 Å². The van der Waals surface area contributed by atoms with Crippen LogP contribution < -0.4 is 4.74 Å². The highest BCUT2D eigenvalue weighted by molar-refractivity contribution is 7.91. The number of amides is 1. The molecule has 1 aliphatic heterocycles. The predicted molar refractivity (Wildman–Crippen MR) is 120 cm³/mol. The zero-order chi connectivity index (χ0) is 21.9. The second-order valence-corrected chi connectivity index (χ2v) is 10.8. The van der Waals surface area contributed by atoms with Crippen molar-refractivity contribution in [2.75, 3.05) is 18.1 Å². The fourth-order valence-corrected chi connectivity index (χ4v) is 5.60. The largest absolute Gasteiger partial charge is 0.483 e. The number of aryl methyl sites for hydroxylation is 1. The summed E-state index contributed by atoms with van der Waals surface area (Å²) < 4.78 is 29.8. The molecule has 1 heterocycles. The number of halogens is 1. The highest BCUT2D eigenvalue weighted by Crippen LogP contribution is 2.24. The van der Waals surface area contributed by atoms with Crippen molar-refractivity contribution in [2.24, 2.45) is 0 Å². The first-order chi connectivity index (χ1) is 14.1. The van der Waals surface area contributed by atoms with Gasteiger partial charge in [0, 0.05) is 17.6 Å². The van der Waals surface area contributed by atoms with Crippen LogP contribution in [-0.2, 0) is 21.2 Å². The first-order valence-corrected chi connectivity index (χ1v) is 12.3. The van der Waals surface area contributed by atoms with E-state index in [9.17, 15) is 13.2 Å². The average molecular weight is 450 g/mol. The van der Waals surface area contributed by atoms with Gasteiger partial charge in [-0.3, -0.25) is 4.79 Å². The minimum absolute atomic E-state index is 0.00277. The van der Waals surface area contributed by atoms with Gasteiger partial charge in [-0.2, -0.15) is 0 Å². The van der Waals surface area contributed by atoms with Crippen molar-refractivity contribution < 1.29 is 17.9 Å². The minimum atomic E-state index is -3.11. The Bertz CT molecular complexity index is 1000. The van der Waals surface area contributed by atoms with Crippen molar-refractivity contribution in [1.82, 2.24) is 4.90 Å². The molecule has 5 nitrogen and oxygen atoms in total. The van der Waals surface area contributed by atoms with Gasteiger partial charge in [0.05, 0.1) is 11.5 Å². The number of hydrogen-bond donors (Lipinski definition) is 0. The monoisotopic (exact) mass is 449 g/mol. The normalized spacial score (nSPS) is 17.8. The van der Waals surface area contributed by atoms with E-state index in [0.717, 1.165) is 11.1 Å². The van der Waals surface area contributed by atoms with Crippen molar-refractivity contribution >= 4 is 27.3 Å². The summed E-state index contributed by atoms with van der Waals surface area (Å²) >= 11 is 5.98. The summed E-state index contributed by atoms with van der Waals surface area (Å²) in [7, 11) is -3.11. The zero-order valence-corrected chi connectivity index (χ0v) is 19.2. The third-order valence-electron chi connectivity index (χ3n) is 5.46. The van der Waals surface area contributed by atoms with E-state index in [1.54, 1.807) is 23.1 Å². The quantitative estimate of drug-likeness (QED) is 0.629. The molecule has 1 amide bonds. The molecule has 30 heavy (non-hydrogen) atoms. The van der Waals surface area contributed by atoms with E-state index in [1.807, 2.05) is 19.1 Å². The van der Waals surface area contributed by atoms with E-state index in [4.69, 9.17) is 16.3 Å². The maximum absolute atomic E-state index is 13.1. The second-order valence-electron chi connectivity index (χ2n) is 8.17. The van der Waals surface area contributed by atoms with Crippen molar-refractivity contribution in [3.63, 3.8) is 0 Å². The standard InChI is InChI=1S/C23H28ClNO4S/c1-16(2)19-6-4-18(5-7-19)13-25(21-10-11-30(27,28)15-21)23(26)14-29-22-9-8-20(24)12-17(22)3/h4-9,12,16,21H,10-11,13-15H2,1-3H3/t21-/m1/s1. The molecule has 1 fully saturated rings. The molecule has 0 spiro atoms. The molecule has 0 bridgehead atoms. The Kier molecular flexibility index (Phi) is 7.09. The topological polar surface area (TPSA) is 63.7 Å². The third-order valence-corrected chi connectivity index (χ3v) is 7.44. The molecule has 2 aromatic carbocycles.